The van der Waals surface area contributed by atoms with Crippen LogP contribution in [0.2, 0.25) is 0 Å². The summed E-state index contributed by atoms with van der Waals surface area (Å²) in [5, 5.41) is 27.2. The first-order chi connectivity index (χ1) is 14.0. The Morgan fingerprint density at radius 2 is 1.90 bits per heavy atom. The lowest BCUT2D eigenvalue weighted by Gasteiger charge is -2.26. The summed E-state index contributed by atoms with van der Waals surface area (Å²) in [6.07, 6.45) is 7.01. The topological polar surface area (TPSA) is 115 Å². The molecule has 0 bridgehead atoms. The van der Waals surface area contributed by atoms with Crippen LogP contribution in [-0.2, 0) is 4.74 Å². The van der Waals surface area contributed by atoms with Crippen LogP contribution in [0.1, 0.15) is 39.5 Å². The highest BCUT2D eigenvalue weighted by Crippen LogP contribution is 2.23. The van der Waals surface area contributed by atoms with Gasteiger partial charge in [0.25, 0.3) is 0 Å². The van der Waals surface area contributed by atoms with Crippen molar-refractivity contribution in [2.75, 3.05) is 24.7 Å². The molecule has 0 radical (unpaired) electrons. The number of benzene rings is 1. The van der Waals surface area contributed by atoms with E-state index in [1.54, 1.807) is 24.0 Å². The first kappa shape index (κ1) is 22.6. The molecule has 0 heterocycles. The minimum absolute atomic E-state index is 0.0497. The van der Waals surface area contributed by atoms with E-state index >= 15 is 0 Å². The summed E-state index contributed by atoms with van der Waals surface area (Å²) in [5.74, 6) is 0.552. The first-order valence-electron chi connectivity index (χ1n) is 10.1. The van der Waals surface area contributed by atoms with Gasteiger partial charge in [0.1, 0.15) is 12.0 Å². The zero-order valence-electron chi connectivity index (χ0n) is 17.3. The molecule has 29 heavy (non-hydrogen) atoms. The Kier molecular flexibility index (Phi) is 8.89. The molecule has 0 aliphatic heterocycles. The third-order valence-electron chi connectivity index (χ3n) is 4.61. The zero-order valence-corrected chi connectivity index (χ0v) is 17.3. The Labute approximate surface area is 172 Å². The fourth-order valence-electron chi connectivity index (χ4n) is 3.01. The van der Waals surface area contributed by atoms with Crippen LogP contribution >= 0.6 is 0 Å². The summed E-state index contributed by atoms with van der Waals surface area (Å²) in [4.78, 5) is 6.23. The molecule has 1 aliphatic rings. The van der Waals surface area contributed by atoms with Crippen LogP contribution in [0, 0.1) is 5.41 Å². The second-order valence-corrected chi connectivity index (χ2v) is 6.99. The summed E-state index contributed by atoms with van der Waals surface area (Å²) in [7, 11) is 0. The van der Waals surface area contributed by atoms with Gasteiger partial charge in [-0.15, -0.1) is 0 Å². The fourth-order valence-corrected chi connectivity index (χ4v) is 3.01. The van der Waals surface area contributed by atoms with Gasteiger partial charge in [-0.1, -0.05) is 26.2 Å². The molecule has 5 N–H and O–H groups in total. The largest absolute Gasteiger partial charge is 0.491 e. The molecule has 1 aliphatic carbocycles. The van der Waals surface area contributed by atoms with E-state index in [0.717, 1.165) is 18.5 Å². The van der Waals surface area contributed by atoms with Gasteiger partial charge < -0.3 is 25.6 Å². The number of unbranched alkanes of at least 4 members (excludes halogenated alkanes) is 3. The molecule has 1 unspecified atom stereocenters. The Bertz CT molecular complexity index is 767. The van der Waals surface area contributed by atoms with Gasteiger partial charge in [-0.3, -0.25) is 5.41 Å². The van der Waals surface area contributed by atoms with E-state index in [4.69, 9.17) is 21.0 Å². The molecule has 7 nitrogen and oxygen atoms in total. The van der Waals surface area contributed by atoms with Crippen molar-refractivity contribution in [3.05, 3.63) is 47.9 Å². The van der Waals surface area contributed by atoms with Crippen molar-refractivity contribution in [3.8, 4) is 0 Å². The number of hydrogen-bond acceptors (Lipinski definition) is 7. The molecular formula is C22H32N4O3. The average Bonchev–Trinajstić information content (AvgIpc) is 2.69. The van der Waals surface area contributed by atoms with Crippen LogP contribution < -0.4 is 10.6 Å². The third-order valence-corrected chi connectivity index (χ3v) is 4.61. The van der Waals surface area contributed by atoms with Crippen molar-refractivity contribution in [2.45, 2.75) is 45.8 Å². The SMILES string of the molecule is CCCCCCOC1=CC(=Nc2ccc(N(CCO)C(C)O)cc2)C(=N)C=C1N. The summed E-state index contributed by atoms with van der Waals surface area (Å²) in [6, 6.07) is 7.27. The van der Waals surface area contributed by atoms with Crippen molar-refractivity contribution in [2.24, 2.45) is 10.7 Å². The molecule has 2 rings (SSSR count). The summed E-state index contributed by atoms with van der Waals surface area (Å²) in [6.45, 7) is 4.70. The van der Waals surface area contributed by atoms with Gasteiger partial charge in [0, 0.05) is 18.3 Å². The molecule has 0 spiro atoms. The smallest absolute Gasteiger partial charge is 0.144 e. The summed E-state index contributed by atoms with van der Waals surface area (Å²) < 4.78 is 5.79. The number of ether oxygens (including phenoxy) is 1. The number of nitrogens with zero attached hydrogens (tertiary/aromatic N) is 2. The quantitative estimate of drug-likeness (QED) is 0.259. The number of anilines is 1. The number of aliphatic imine (C=N–C) groups is 1. The van der Waals surface area contributed by atoms with Crippen LogP contribution in [0.3, 0.4) is 0 Å². The van der Waals surface area contributed by atoms with Crippen LogP contribution in [0.15, 0.2) is 52.9 Å². The van der Waals surface area contributed by atoms with Gasteiger partial charge >= 0.3 is 0 Å². The normalized spacial score (nSPS) is 16.4. The number of allylic oxidation sites excluding steroid dienone is 2. The third kappa shape index (κ3) is 6.73. The molecule has 158 valence electrons. The molecule has 0 saturated heterocycles. The molecule has 0 fully saturated rings. The van der Waals surface area contributed by atoms with Gasteiger partial charge in [0.15, 0.2) is 0 Å². The van der Waals surface area contributed by atoms with Crippen molar-refractivity contribution >= 4 is 22.8 Å². The maximum atomic E-state index is 9.85. The maximum absolute atomic E-state index is 9.85. The van der Waals surface area contributed by atoms with Crippen molar-refractivity contribution in [1.29, 1.82) is 5.41 Å². The molecule has 0 aromatic heterocycles. The Hall–Kier alpha value is -2.64. The lowest BCUT2D eigenvalue weighted by atomic mass is 10.1. The highest BCUT2D eigenvalue weighted by molar-refractivity contribution is 6.50. The van der Waals surface area contributed by atoms with E-state index in [0.29, 0.717) is 36.0 Å². The van der Waals surface area contributed by atoms with Gasteiger partial charge in [-0.25, -0.2) is 4.99 Å². The maximum Gasteiger partial charge on any atom is 0.144 e. The van der Waals surface area contributed by atoms with E-state index in [1.807, 2.05) is 24.3 Å². The summed E-state index contributed by atoms with van der Waals surface area (Å²) >= 11 is 0. The predicted octanol–water partition coefficient (Wildman–Crippen LogP) is 3.25. The van der Waals surface area contributed by atoms with E-state index in [2.05, 4.69) is 11.9 Å². The van der Waals surface area contributed by atoms with Crippen LogP contribution in [0.25, 0.3) is 0 Å². The minimum Gasteiger partial charge on any atom is -0.491 e. The van der Waals surface area contributed by atoms with Gasteiger partial charge in [-0.05, 0) is 43.7 Å². The first-order valence-corrected chi connectivity index (χ1v) is 10.1. The second-order valence-electron chi connectivity index (χ2n) is 6.99. The number of hydrogen-bond donors (Lipinski definition) is 4. The Morgan fingerprint density at radius 3 is 2.52 bits per heavy atom. The zero-order chi connectivity index (χ0) is 21.2. The Morgan fingerprint density at radius 1 is 1.17 bits per heavy atom. The second kappa shape index (κ2) is 11.4. The molecule has 7 heteroatoms. The number of nitrogens with one attached hydrogen (secondary N) is 1. The van der Waals surface area contributed by atoms with E-state index in [9.17, 15) is 5.11 Å². The van der Waals surface area contributed by atoms with Gasteiger partial charge in [0.05, 0.1) is 36.0 Å². The number of aliphatic hydroxyl groups excluding tert-OH is 2. The average molecular weight is 401 g/mol. The number of rotatable bonds is 11. The summed E-state index contributed by atoms with van der Waals surface area (Å²) in [5.41, 5.74) is 8.62. The lowest BCUT2D eigenvalue weighted by Crippen LogP contribution is -2.35. The van der Waals surface area contributed by atoms with E-state index in [1.165, 1.54) is 12.8 Å². The van der Waals surface area contributed by atoms with Crippen molar-refractivity contribution in [3.63, 3.8) is 0 Å². The number of nitrogens with two attached hydrogens (primary N) is 1. The van der Waals surface area contributed by atoms with E-state index < -0.39 is 6.23 Å². The predicted molar refractivity (Wildman–Crippen MR) is 118 cm³/mol. The molecule has 0 amide bonds. The number of aliphatic hydroxyl groups is 2. The monoisotopic (exact) mass is 400 g/mol. The van der Waals surface area contributed by atoms with Crippen LogP contribution in [0.5, 0.6) is 0 Å². The van der Waals surface area contributed by atoms with Gasteiger partial charge in [-0.2, -0.15) is 0 Å². The molecule has 1 aromatic rings. The molecule has 1 aromatic carbocycles. The van der Waals surface area contributed by atoms with Gasteiger partial charge in [0.2, 0.25) is 0 Å². The van der Waals surface area contributed by atoms with Crippen LogP contribution in [0.4, 0.5) is 11.4 Å². The van der Waals surface area contributed by atoms with Crippen molar-refractivity contribution in [1.82, 2.24) is 0 Å². The highest BCUT2D eigenvalue weighted by Gasteiger charge is 2.16. The highest BCUT2D eigenvalue weighted by atomic mass is 16.5. The molecule has 0 saturated carbocycles. The van der Waals surface area contributed by atoms with Crippen molar-refractivity contribution < 1.29 is 14.9 Å². The standard InChI is InChI=1S/C22H32N4O3/c1-3-4-5-6-13-29-22-15-21(19(23)14-20(22)24)25-17-7-9-18(10-8-17)26(11-12-27)16(2)28/h7-10,14-16,23,27-28H,3-6,11-13,24H2,1-2H3. The lowest BCUT2D eigenvalue weighted by molar-refractivity contribution is 0.177. The molecular weight excluding hydrogens is 368 g/mol. The minimum atomic E-state index is -0.709. The molecule has 1 atom stereocenters. The Balaban J connectivity index is 2.11. The fraction of sp³-hybridized carbons (Fsp3) is 0.455. The van der Waals surface area contributed by atoms with E-state index in [-0.39, 0.29) is 12.3 Å². The van der Waals surface area contributed by atoms with Crippen LogP contribution in [-0.4, -0.2) is 47.6 Å².